The lowest BCUT2D eigenvalue weighted by molar-refractivity contribution is 0.0689. The molecule has 2 N–H and O–H groups in total. The molecule has 0 saturated heterocycles. The number of carbonyl (C=O) groups is 1. The Balaban J connectivity index is 1.62. The second-order valence-electron chi connectivity index (χ2n) is 9.32. The number of aliphatic hydroxyl groups excluding tert-OH is 1. The van der Waals surface area contributed by atoms with Gasteiger partial charge in [-0.3, -0.25) is 4.79 Å². The van der Waals surface area contributed by atoms with Gasteiger partial charge >= 0.3 is 0 Å². The minimum atomic E-state index is 0.0699. The van der Waals surface area contributed by atoms with Crippen LogP contribution in [-0.2, 0) is 13.0 Å². The van der Waals surface area contributed by atoms with Gasteiger partial charge in [-0.2, -0.15) is 0 Å². The van der Waals surface area contributed by atoms with Crippen LogP contribution in [0.15, 0.2) is 42.5 Å². The molecule has 1 amide bonds. The van der Waals surface area contributed by atoms with Crippen LogP contribution in [0, 0.1) is 0 Å². The van der Waals surface area contributed by atoms with Crippen LogP contribution in [0.2, 0.25) is 5.02 Å². The first-order chi connectivity index (χ1) is 16.0. The van der Waals surface area contributed by atoms with E-state index < -0.39 is 0 Å². The highest BCUT2D eigenvalue weighted by molar-refractivity contribution is 6.30. The Labute approximate surface area is 204 Å². The molecule has 0 atom stereocenters. The molecular formula is C28H39ClN2O2. The third kappa shape index (κ3) is 7.30. The van der Waals surface area contributed by atoms with Crippen LogP contribution in [0.1, 0.15) is 84.8 Å². The average Bonchev–Trinajstić information content (AvgIpc) is 2.84. The molecule has 0 spiro atoms. The van der Waals surface area contributed by atoms with Crippen LogP contribution < -0.4 is 5.32 Å². The lowest BCUT2D eigenvalue weighted by atomic mass is 9.79. The first-order valence-corrected chi connectivity index (χ1v) is 12.9. The predicted molar refractivity (Wildman–Crippen MR) is 137 cm³/mol. The van der Waals surface area contributed by atoms with Crippen molar-refractivity contribution in [2.24, 2.45) is 0 Å². The van der Waals surface area contributed by atoms with Crippen LogP contribution in [0.3, 0.4) is 0 Å². The Bertz CT molecular complexity index is 876. The minimum absolute atomic E-state index is 0.0699. The monoisotopic (exact) mass is 470 g/mol. The molecule has 0 radical (unpaired) electrons. The lowest BCUT2D eigenvalue weighted by Gasteiger charge is -2.35. The summed E-state index contributed by atoms with van der Waals surface area (Å²) < 4.78 is 0. The van der Waals surface area contributed by atoms with E-state index in [4.69, 9.17) is 11.6 Å². The fourth-order valence-electron chi connectivity index (χ4n) is 4.95. The van der Waals surface area contributed by atoms with E-state index in [1.807, 2.05) is 11.9 Å². The maximum atomic E-state index is 12.9. The Morgan fingerprint density at radius 3 is 2.48 bits per heavy atom. The summed E-state index contributed by atoms with van der Waals surface area (Å²) in [6.07, 6.45) is 8.61. The van der Waals surface area contributed by atoms with Crippen molar-refractivity contribution in [2.75, 3.05) is 20.2 Å². The molecule has 180 valence electrons. The fourth-order valence-corrected chi connectivity index (χ4v) is 5.08. The summed E-state index contributed by atoms with van der Waals surface area (Å²) in [5, 5.41) is 13.6. The van der Waals surface area contributed by atoms with Gasteiger partial charge in [0.15, 0.2) is 0 Å². The molecule has 2 aromatic rings. The zero-order valence-electron chi connectivity index (χ0n) is 20.2. The summed E-state index contributed by atoms with van der Waals surface area (Å²) in [4.78, 5) is 14.8. The second-order valence-corrected chi connectivity index (χ2v) is 9.76. The van der Waals surface area contributed by atoms with Crippen LogP contribution in [0.25, 0.3) is 0 Å². The Hall–Kier alpha value is -1.88. The topological polar surface area (TPSA) is 52.6 Å². The zero-order chi connectivity index (χ0) is 23.6. The van der Waals surface area contributed by atoms with Crippen molar-refractivity contribution < 1.29 is 9.90 Å². The average molecular weight is 471 g/mol. The highest BCUT2D eigenvalue weighted by Crippen LogP contribution is 2.37. The van der Waals surface area contributed by atoms with E-state index in [1.54, 1.807) is 24.3 Å². The van der Waals surface area contributed by atoms with Crippen molar-refractivity contribution in [1.82, 2.24) is 10.2 Å². The normalized spacial score (nSPS) is 18.3. The van der Waals surface area contributed by atoms with Gasteiger partial charge in [0.25, 0.3) is 5.91 Å². The molecule has 0 bridgehead atoms. The summed E-state index contributed by atoms with van der Waals surface area (Å²) >= 11 is 5.97. The SMILES string of the molecule is CCCCCNCc1cc(CCO)ccc1[C@H]1CC[C@H](N(C)C(=O)c2ccc(Cl)cc2)CC1. The van der Waals surface area contributed by atoms with Crippen LogP contribution in [0.5, 0.6) is 0 Å². The lowest BCUT2D eigenvalue weighted by Crippen LogP contribution is -2.39. The standard InChI is InChI=1S/C28H39ClN2O2/c1-3-4-5-17-30-20-24-19-21(16-18-32)6-15-27(24)22-9-13-26(14-10-22)31(2)28(33)23-7-11-25(29)12-8-23/h6-8,11-12,15,19,22,26,30,32H,3-5,9-10,13-14,16-18,20H2,1-2H3/t22-,26-. The van der Waals surface area contributed by atoms with Gasteiger partial charge in [0.05, 0.1) is 0 Å². The smallest absolute Gasteiger partial charge is 0.253 e. The number of nitrogens with zero attached hydrogens (tertiary/aromatic N) is 1. The first kappa shape index (κ1) is 25.7. The summed E-state index contributed by atoms with van der Waals surface area (Å²) in [5.41, 5.74) is 4.70. The first-order valence-electron chi connectivity index (χ1n) is 12.5. The van der Waals surface area contributed by atoms with Crippen LogP contribution in [0.4, 0.5) is 0 Å². The van der Waals surface area contributed by atoms with Gasteiger partial charge in [-0.1, -0.05) is 49.6 Å². The molecule has 1 saturated carbocycles. The molecule has 0 aromatic heterocycles. The molecule has 4 nitrogen and oxygen atoms in total. The predicted octanol–water partition coefficient (Wildman–Crippen LogP) is 5.95. The largest absolute Gasteiger partial charge is 0.396 e. The molecule has 0 unspecified atom stereocenters. The molecule has 3 rings (SSSR count). The molecule has 2 aromatic carbocycles. The molecule has 1 fully saturated rings. The Kier molecular flexibility index (Phi) is 10.2. The van der Waals surface area contributed by atoms with Crippen molar-refractivity contribution in [3.05, 3.63) is 69.7 Å². The molecule has 5 heteroatoms. The number of benzene rings is 2. The molecule has 1 aliphatic rings. The van der Waals surface area contributed by atoms with Gasteiger partial charge in [-0.25, -0.2) is 0 Å². The molecule has 0 heterocycles. The number of unbranched alkanes of at least 4 members (excludes halogenated alkanes) is 2. The van der Waals surface area contributed by atoms with Crippen molar-refractivity contribution in [3.8, 4) is 0 Å². The zero-order valence-corrected chi connectivity index (χ0v) is 20.9. The number of halogens is 1. The van der Waals surface area contributed by atoms with Gasteiger partial charge in [-0.05, 0) is 91.9 Å². The van der Waals surface area contributed by atoms with Gasteiger partial charge in [0, 0.05) is 36.8 Å². The minimum Gasteiger partial charge on any atom is -0.396 e. The summed E-state index contributed by atoms with van der Waals surface area (Å²) in [6, 6.07) is 14.2. The van der Waals surface area contributed by atoms with Crippen molar-refractivity contribution in [1.29, 1.82) is 0 Å². The molecule has 0 aliphatic heterocycles. The van der Waals surface area contributed by atoms with Gasteiger partial charge < -0.3 is 15.3 Å². The number of hydrogen-bond donors (Lipinski definition) is 2. The number of rotatable bonds is 11. The molecular weight excluding hydrogens is 432 g/mol. The van der Waals surface area contributed by atoms with Gasteiger partial charge in [0.1, 0.15) is 0 Å². The second kappa shape index (κ2) is 13.1. The van der Waals surface area contributed by atoms with Crippen LogP contribution in [-0.4, -0.2) is 42.2 Å². The maximum Gasteiger partial charge on any atom is 0.253 e. The van der Waals surface area contributed by atoms with Gasteiger partial charge in [0.2, 0.25) is 0 Å². The van der Waals surface area contributed by atoms with E-state index in [1.165, 1.54) is 36.0 Å². The fraction of sp³-hybridized carbons (Fsp3) is 0.536. The van der Waals surface area contributed by atoms with E-state index in [0.29, 0.717) is 22.9 Å². The van der Waals surface area contributed by atoms with Crippen molar-refractivity contribution in [3.63, 3.8) is 0 Å². The highest BCUT2D eigenvalue weighted by atomic mass is 35.5. The van der Waals surface area contributed by atoms with E-state index >= 15 is 0 Å². The number of nitrogens with one attached hydrogen (secondary N) is 1. The number of carbonyl (C=O) groups excluding carboxylic acids is 1. The Morgan fingerprint density at radius 1 is 1.09 bits per heavy atom. The molecule has 33 heavy (non-hydrogen) atoms. The quantitative estimate of drug-likeness (QED) is 0.399. The van der Waals surface area contributed by atoms with E-state index in [2.05, 4.69) is 30.4 Å². The summed E-state index contributed by atoms with van der Waals surface area (Å²) in [6.45, 7) is 4.34. The molecule has 1 aliphatic carbocycles. The summed E-state index contributed by atoms with van der Waals surface area (Å²) in [5.74, 6) is 0.594. The number of aliphatic hydroxyl groups is 1. The van der Waals surface area contributed by atoms with Crippen molar-refractivity contribution >= 4 is 17.5 Å². The van der Waals surface area contributed by atoms with E-state index in [9.17, 15) is 9.90 Å². The van der Waals surface area contributed by atoms with Gasteiger partial charge in [-0.15, -0.1) is 0 Å². The Morgan fingerprint density at radius 2 is 1.82 bits per heavy atom. The van der Waals surface area contributed by atoms with E-state index in [0.717, 1.165) is 38.8 Å². The third-order valence-electron chi connectivity index (χ3n) is 6.98. The highest BCUT2D eigenvalue weighted by Gasteiger charge is 2.28. The third-order valence-corrected chi connectivity index (χ3v) is 7.23. The van der Waals surface area contributed by atoms with Crippen LogP contribution >= 0.6 is 11.6 Å². The van der Waals surface area contributed by atoms with E-state index in [-0.39, 0.29) is 18.6 Å². The summed E-state index contributed by atoms with van der Waals surface area (Å²) in [7, 11) is 1.93. The number of amides is 1. The van der Waals surface area contributed by atoms with Crippen molar-refractivity contribution in [2.45, 2.75) is 76.8 Å². The maximum absolute atomic E-state index is 12.9. The number of hydrogen-bond acceptors (Lipinski definition) is 3.